The van der Waals surface area contributed by atoms with Crippen LogP contribution in [0.4, 0.5) is 0 Å². The SMILES string of the molecule is CC(C#N)CC(=O)NCC12CC3CC(CC(C3)C1)C2. The highest BCUT2D eigenvalue weighted by Gasteiger charge is 2.50. The van der Waals surface area contributed by atoms with Gasteiger partial charge in [-0.05, 0) is 68.6 Å². The van der Waals surface area contributed by atoms with Gasteiger partial charge in [-0.3, -0.25) is 4.79 Å². The summed E-state index contributed by atoms with van der Waals surface area (Å²) in [5.41, 5.74) is 0.403. The maximum absolute atomic E-state index is 11.8. The first-order valence-electron chi connectivity index (χ1n) is 7.75. The molecule has 0 aromatic rings. The van der Waals surface area contributed by atoms with Gasteiger partial charge < -0.3 is 5.32 Å². The van der Waals surface area contributed by atoms with Crippen LogP contribution in [0.25, 0.3) is 0 Å². The lowest BCUT2D eigenvalue weighted by molar-refractivity contribution is -0.123. The fourth-order valence-electron chi connectivity index (χ4n) is 5.19. The van der Waals surface area contributed by atoms with E-state index in [2.05, 4.69) is 11.4 Å². The number of nitriles is 1. The average Bonchev–Trinajstić information content (AvgIpc) is 2.35. The number of nitrogens with zero attached hydrogens (tertiary/aromatic N) is 1. The Balaban J connectivity index is 1.55. The summed E-state index contributed by atoms with van der Waals surface area (Å²) < 4.78 is 0. The highest BCUT2D eigenvalue weighted by molar-refractivity contribution is 5.76. The van der Waals surface area contributed by atoms with Crippen LogP contribution in [0.1, 0.15) is 51.9 Å². The van der Waals surface area contributed by atoms with Crippen LogP contribution in [0.5, 0.6) is 0 Å². The summed E-state index contributed by atoms with van der Waals surface area (Å²) >= 11 is 0. The molecule has 0 aromatic heterocycles. The van der Waals surface area contributed by atoms with Crippen molar-refractivity contribution in [2.45, 2.75) is 51.9 Å². The summed E-state index contributed by atoms with van der Waals surface area (Å²) in [7, 11) is 0. The molecule has 1 atom stereocenters. The maximum Gasteiger partial charge on any atom is 0.221 e. The minimum absolute atomic E-state index is 0.0600. The zero-order chi connectivity index (χ0) is 13.5. The van der Waals surface area contributed by atoms with Gasteiger partial charge in [0.15, 0.2) is 0 Å². The molecule has 3 heteroatoms. The van der Waals surface area contributed by atoms with Crippen LogP contribution in [0.2, 0.25) is 0 Å². The Morgan fingerprint density at radius 3 is 2.26 bits per heavy atom. The highest BCUT2D eigenvalue weighted by atomic mass is 16.1. The molecule has 4 rings (SSSR count). The minimum Gasteiger partial charge on any atom is -0.356 e. The van der Waals surface area contributed by atoms with Crippen molar-refractivity contribution in [1.29, 1.82) is 5.26 Å². The van der Waals surface area contributed by atoms with E-state index in [1.165, 1.54) is 38.5 Å². The molecule has 0 heterocycles. The molecule has 4 aliphatic rings. The van der Waals surface area contributed by atoms with Gasteiger partial charge in [0.2, 0.25) is 5.91 Å². The molecule has 0 radical (unpaired) electrons. The van der Waals surface area contributed by atoms with Crippen molar-refractivity contribution in [2.75, 3.05) is 6.54 Å². The Morgan fingerprint density at radius 2 is 1.79 bits per heavy atom. The molecule has 1 N–H and O–H groups in total. The van der Waals surface area contributed by atoms with E-state index in [0.717, 1.165) is 24.3 Å². The predicted molar refractivity (Wildman–Crippen MR) is 73.0 cm³/mol. The van der Waals surface area contributed by atoms with Crippen molar-refractivity contribution in [3.05, 3.63) is 0 Å². The average molecular weight is 260 g/mol. The fourth-order valence-corrected chi connectivity index (χ4v) is 5.19. The van der Waals surface area contributed by atoms with E-state index in [-0.39, 0.29) is 11.8 Å². The number of carbonyl (C=O) groups excluding carboxylic acids is 1. The van der Waals surface area contributed by atoms with E-state index >= 15 is 0 Å². The molecule has 4 saturated carbocycles. The summed E-state index contributed by atoms with van der Waals surface area (Å²) in [5, 5.41) is 11.9. The Labute approximate surface area is 115 Å². The molecule has 4 fully saturated rings. The lowest BCUT2D eigenvalue weighted by Crippen LogP contribution is -2.51. The van der Waals surface area contributed by atoms with Gasteiger partial charge in [-0.2, -0.15) is 5.26 Å². The van der Waals surface area contributed by atoms with Crippen molar-refractivity contribution in [3.8, 4) is 6.07 Å². The fraction of sp³-hybridized carbons (Fsp3) is 0.875. The van der Waals surface area contributed by atoms with Gasteiger partial charge in [-0.1, -0.05) is 0 Å². The molecule has 0 saturated heterocycles. The maximum atomic E-state index is 11.8. The molecule has 4 aliphatic carbocycles. The third kappa shape index (κ3) is 2.63. The number of amides is 1. The number of hydrogen-bond acceptors (Lipinski definition) is 2. The molecule has 0 aromatic carbocycles. The topological polar surface area (TPSA) is 52.9 Å². The standard InChI is InChI=1S/C16H24N2O/c1-11(9-17)2-15(19)18-10-16-6-12-3-13(7-16)5-14(4-12)8-16/h11-14H,2-8,10H2,1H3,(H,18,19). The zero-order valence-corrected chi connectivity index (χ0v) is 11.8. The van der Waals surface area contributed by atoms with Gasteiger partial charge in [0.1, 0.15) is 0 Å². The molecule has 3 nitrogen and oxygen atoms in total. The Bertz CT molecular complexity index is 374. The second-order valence-electron chi connectivity index (χ2n) is 7.43. The van der Waals surface area contributed by atoms with Crippen LogP contribution < -0.4 is 5.32 Å². The molecular formula is C16H24N2O. The van der Waals surface area contributed by atoms with Crippen LogP contribution in [-0.4, -0.2) is 12.5 Å². The van der Waals surface area contributed by atoms with Crippen molar-refractivity contribution in [3.63, 3.8) is 0 Å². The van der Waals surface area contributed by atoms with E-state index in [0.29, 0.717) is 11.8 Å². The third-order valence-corrected chi connectivity index (χ3v) is 5.54. The second-order valence-corrected chi connectivity index (χ2v) is 7.43. The number of nitrogens with one attached hydrogen (secondary N) is 1. The van der Waals surface area contributed by atoms with Crippen LogP contribution in [0.3, 0.4) is 0 Å². The van der Waals surface area contributed by atoms with Crippen LogP contribution in [-0.2, 0) is 4.79 Å². The molecular weight excluding hydrogens is 236 g/mol. The summed E-state index contributed by atoms with van der Waals surface area (Å²) in [4.78, 5) is 11.8. The third-order valence-electron chi connectivity index (χ3n) is 5.54. The van der Waals surface area contributed by atoms with E-state index in [1.807, 2.05) is 6.92 Å². The Hall–Kier alpha value is -1.04. The van der Waals surface area contributed by atoms with Gasteiger partial charge in [-0.25, -0.2) is 0 Å². The van der Waals surface area contributed by atoms with Gasteiger partial charge in [-0.15, -0.1) is 0 Å². The summed E-state index contributed by atoms with van der Waals surface area (Å²) in [6, 6.07) is 2.13. The first-order valence-corrected chi connectivity index (χ1v) is 7.75. The number of carbonyl (C=O) groups is 1. The molecule has 0 spiro atoms. The molecule has 1 amide bonds. The van der Waals surface area contributed by atoms with E-state index in [4.69, 9.17) is 5.26 Å². The van der Waals surface area contributed by atoms with Gasteiger partial charge in [0, 0.05) is 13.0 Å². The Morgan fingerprint density at radius 1 is 1.26 bits per heavy atom. The van der Waals surface area contributed by atoms with Crippen molar-refractivity contribution < 1.29 is 4.79 Å². The number of hydrogen-bond donors (Lipinski definition) is 1. The van der Waals surface area contributed by atoms with E-state index in [9.17, 15) is 4.79 Å². The van der Waals surface area contributed by atoms with Crippen LogP contribution in [0.15, 0.2) is 0 Å². The van der Waals surface area contributed by atoms with E-state index < -0.39 is 0 Å². The van der Waals surface area contributed by atoms with Crippen LogP contribution in [0, 0.1) is 40.4 Å². The largest absolute Gasteiger partial charge is 0.356 e. The first-order chi connectivity index (χ1) is 9.08. The molecule has 0 aliphatic heterocycles. The molecule has 19 heavy (non-hydrogen) atoms. The quantitative estimate of drug-likeness (QED) is 0.845. The molecule has 1 unspecified atom stereocenters. The smallest absolute Gasteiger partial charge is 0.221 e. The Kier molecular flexibility index (Phi) is 3.28. The predicted octanol–water partition coefficient (Wildman–Crippen LogP) is 2.87. The van der Waals surface area contributed by atoms with Crippen LogP contribution >= 0.6 is 0 Å². The molecule has 4 bridgehead atoms. The normalized spacial score (nSPS) is 40.7. The van der Waals surface area contributed by atoms with Gasteiger partial charge >= 0.3 is 0 Å². The lowest BCUT2D eigenvalue weighted by atomic mass is 9.49. The number of rotatable bonds is 4. The van der Waals surface area contributed by atoms with E-state index in [1.54, 1.807) is 0 Å². The summed E-state index contributed by atoms with van der Waals surface area (Å²) in [6.07, 6.45) is 8.66. The monoisotopic (exact) mass is 260 g/mol. The van der Waals surface area contributed by atoms with Gasteiger partial charge in [0.25, 0.3) is 0 Å². The summed E-state index contributed by atoms with van der Waals surface area (Å²) in [6.45, 7) is 2.66. The minimum atomic E-state index is -0.170. The van der Waals surface area contributed by atoms with Crippen molar-refractivity contribution >= 4 is 5.91 Å². The second kappa shape index (κ2) is 4.81. The highest BCUT2D eigenvalue weighted by Crippen LogP contribution is 2.59. The summed E-state index contributed by atoms with van der Waals surface area (Å²) in [5.74, 6) is 2.68. The lowest BCUT2D eigenvalue weighted by Gasteiger charge is -2.56. The zero-order valence-electron chi connectivity index (χ0n) is 11.8. The van der Waals surface area contributed by atoms with Gasteiger partial charge in [0.05, 0.1) is 12.0 Å². The first kappa shape index (κ1) is 13.0. The molecule has 104 valence electrons. The van der Waals surface area contributed by atoms with Crippen molar-refractivity contribution in [1.82, 2.24) is 5.32 Å². The van der Waals surface area contributed by atoms with Crippen molar-refractivity contribution in [2.24, 2.45) is 29.1 Å².